The van der Waals surface area contributed by atoms with Crippen LogP contribution >= 0.6 is 0 Å². The molecule has 3 atom stereocenters. The number of nitrogens with one attached hydrogen (secondary N) is 2. The van der Waals surface area contributed by atoms with E-state index in [4.69, 9.17) is 4.74 Å². The van der Waals surface area contributed by atoms with Crippen LogP contribution in [-0.4, -0.2) is 65.6 Å². The highest BCUT2D eigenvalue weighted by atomic mass is 19.4. The number of benzene rings is 4. The number of hydrogen-bond donors (Lipinski definition) is 3. The van der Waals surface area contributed by atoms with Crippen molar-refractivity contribution < 1.29 is 32.6 Å². The Bertz CT molecular complexity index is 1680. The van der Waals surface area contributed by atoms with Gasteiger partial charge in [0.05, 0.1) is 24.6 Å². The molecule has 5 rings (SSSR count). The molecule has 0 aliphatic carbocycles. The van der Waals surface area contributed by atoms with Gasteiger partial charge in [-0.2, -0.15) is 13.2 Å². The van der Waals surface area contributed by atoms with Crippen molar-refractivity contribution in [3.8, 4) is 5.75 Å². The van der Waals surface area contributed by atoms with E-state index < -0.39 is 30.3 Å². The molecule has 1 heterocycles. The lowest BCUT2D eigenvalue weighted by atomic mass is 9.98. The smallest absolute Gasteiger partial charge is 0.411 e. The number of rotatable bonds is 12. The number of methoxy groups -OCH3 is 1. The summed E-state index contributed by atoms with van der Waals surface area (Å²) in [5.74, 6) is -1.61. The zero-order valence-electron chi connectivity index (χ0n) is 25.7. The molecular formula is C36H35F3N4O4. The zero-order chi connectivity index (χ0) is 33.4. The number of likely N-dealkylation sites (tertiary alicyclic amines) is 1. The molecule has 8 nitrogen and oxygen atoms in total. The lowest BCUT2D eigenvalue weighted by Gasteiger charge is -2.27. The number of nitrogens with zero attached hydrogens (tertiary/aromatic N) is 2. The first-order chi connectivity index (χ1) is 22.6. The van der Waals surface area contributed by atoms with E-state index in [1.165, 1.54) is 31.4 Å². The van der Waals surface area contributed by atoms with E-state index in [9.17, 15) is 27.9 Å². The van der Waals surface area contributed by atoms with E-state index >= 15 is 0 Å². The van der Waals surface area contributed by atoms with E-state index in [0.717, 1.165) is 18.5 Å². The molecule has 0 bridgehead atoms. The van der Waals surface area contributed by atoms with Gasteiger partial charge in [-0.05, 0) is 55.3 Å². The average molecular weight is 645 g/mol. The molecule has 1 fully saturated rings. The fraction of sp³-hybridized carbons (Fsp3) is 0.250. The number of anilines is 2. The standard InChI is InChI=1S/C36H35F3N4O4/c1-47-27-20-18-26(19-21-27)40-33(36(37,38)39)32(35(45)46)42-31(25-13-6-3-7-14-25)28-15-8-9-16-29(28)41-34(44)30-17-10-22-43(30)23-24-11-4-2-5-12-24/h2-9,11-16,18-21,30,32-33,40H,10,17,22-23H2,1H3,(H,41,44)(H,45,46)/t30-,32-,33-/m0/s1. The van der Waals surface area contributed by atoms with Gasteiger partial charge in [-0.3, -0.25) is 14.7 Å². The van der Waals surface area contributed by atoms with Crippen molar-refractivity contribution in [2.45, 2.75) is 43.7 Å². The Kier molecular flexibility index (Phi) is 10.6. The number of alkyl halides is 3. The molecule has 1 saturated heterocycles. The molecule has 0 spiro atoms. The first-order valence-corrected chi connectivity index (χ1v) is 15.2. The second-order valence-corrected chi connectivity index (χ2v) is 11.2. The summed E-state index contributed by atoms with van der Waals surface area (Å²) in [6, 6.07) is 25.2. The zero-order valence-corrected chi connectivity index (χ0v) is 25.7. The molecular weight excluding hydrogens is 609 g/mol. The number of carbonyl (C=O) groups is 2. The van der Waals surface area contributed by atoms with Crippen molar-refractivity contribution in [1.82, 2.24) is 4.90 Å². The maximum atomic E-state index is 14.6. The summed E-state index contributed by atoms with van der Waals surface area (Å²) >= 11 is 0. The minimum absolute atomic E-state index is 0.00718. The lowest BCUT2D eigenvalue weighted by Crippen LogP contribution is -2.49. The van der Waals surface area contributed by atoms with Crippen LogP contribution in [0.5, 0.6) is 5.75 Å². The second kappa shape index (κ2) is 15.0. The number of halogens is 3. The maximum absolute atomic E-state index is 14.6. The minimum Gasteiger partial charge on any atom is -0.497 e. The first-order valence-electron chi connectivity index (χ1n) is 15.2. The summed E-state index contributed by atoms with van der Waals surface area (Å²) in [6.45, 7) is 1.34. The Hall–Kier alpha value is -5.16. The van der Waals surface area contributed by atoms with Crippen molar-refractivity contribution >= 4 is 29.0 Å². The van der Waals surface area contributed by atoms with E-state index in [1.807, 2.05) is 30.3 Å². The number of aliphatic imine (C=N–C) groups is 1. The van der Waals surface area contributed by atoms with Crippen LogP contribution in [-0.2, 0) is 16.1 Å². The van der Waals surface area contributed by atoms with Gasteiger partial charge in [-0.1, -0.05) is 78.9 Å². The van der Waals surface area contributed by atoms with E-state index in [0.29, 0.717) is 30.0 Å². The Balaban J connectivity index is 1.51. The molecule has 4 aromatic carbocycles. The van der Waals surface area contributed by atoms with Crippen molar-refractivity contribution in [3.63, 3.8) is 0 Å². The van der Waals surface area contributed by atoms with Crippen molar-refractivity contribution in [2.75, 3.05) is 24.3 Å². The number of aliphatic carboxylic acids is 1. The van der Waals surface area contributed by atoms with E-state index in [2.05, 4.69) is 20.5 Å². The van der Waals surface area contributed by atoms with Crippen LogP contribution in [0.25, 0.3) is 0 Å². The number of para-hydroxylation sites is 1. The fourth-order valence-electron chi connectivity index (χ4n) is 5.66. The van der Waals surface area contributed by atoms with Crippen LogP contribution in [0.15, 0.2) is 114 Å². The number of ether oxygens (including phenoxy) is 1. The van der Waals surface area contributed by atoms with Gasteiger partial charge in [0, 0.05) is 23.4 Å². The van der Waals surface area contributed by atoms with Crippen LogP contribution < -0.4 is 15.4 Å². The van der Waals surface area contributed by atoms with Crippen molar-refractivity contribution in [3.05, 3.63) is 126 Å². The van der Waals surface area contributed by atoms with Crippen LogP contribution in [0.1, 0.15) is 29.5 Å². The molecule has 0 saturated carbocycles. The van der Waals surface area contributed by atoms with E-state index in [-0.39, 0.29) is 22.9 Å². The number of amides is 1. The molecule has 3 N–H and O–H groups in total. The maximum Gasteiger partial charge on any atom is 0.411 e. The molecule has 1 aliphatic heterocycles. The molecule has 0 unspecified atom stereocenters. The summed E-state index contributed by atoms with van der Waals surface area (Å²) in [5, 5.41) is 15.5. The average Bonchev–Trinajstić information content (AvgIpc) is 3.54. The first kappa shape index (κ1) is 33.2. The van der Waals surface area contributed by atoms with Crippen molar-refractivity contribution in [2.24, 2.45) is 4.99 Å². The molecule has 1 aliphatic rings. The summed E-state index contributed by atoms with van der Waals surface area (Å²) in [7, 11) is 1.43. The Morgan fingerprint density at radius 2 is 1.57 bits per heavy atom. The molecule has 47 heavy (non-hydrogen) atoms. The SMILES string of the molecule is COc1ccc(N[C@@H]([C@H](N=C(c2ccccc2)c2ccccc2NC(=O)[C@@H]2CCCN2Cc2ccccc2)C(=O)O)C(F)(F)F)cc1. The minimum atomic E-state index is -4.99. The number of carboxylic acid groups (broad SMARTS) is 1. The monoisotopic (exact) mass is 644 g/mol. The van der Waals surface area contributed by atoms with Crippen LogP contribution in [0.2, 0.25) is 0 Å². The highest BCUT2D eigenvalue weighted by Crippen LogP contribution is 2.31. The Morgan fingerprint density at radius 1 is 0.936 bits per heavy atom. The predicted molar refractivity (Wildman–Crippen MR) is 175 cm³/mol. The lowest BCUT2D eigenvalue weighted by molar-refractivity contribution is -0.161. The normalized spacial score (nSPS) is 16.7. The van der Waals surface area contributed by atoms with Gasteiger partial charge in [0.2, 0.25) is 5.91 Å². The van der Waals surface area contributed by atoms with Crippen LogP contribution in [0.4, 0.5) is 24.5 Å². The number of carbonyl (C=O) groups excluding carboxylic acids is 1. The summed E-state index contributed by atoms with van der Waals surface area (Å²) in [4.78, 5) is 32.6. The highest BCUT2D eigenvalue weighted by Gasteiger charge is 2.48. The topological polar surface area (TPSA) is 103 Å². The van der Waals surface area contributed by atoms with Gasteiger partial charge >= 0.3 is 12.1 Å². The molecule has 0 aromatic heterocycles. The summed E-state index contributed by atoms with van der Waals surface area (Å²) < 4.78 is 48.7. The Labute approximate surface area is 270 Å². The molecule has 244 valence electrons. The van der Waals surface area contributed by atoms with Gasteiger partial charge in [-0.25, -0.2) is 4.79 Å². The molecule has 11 heteroatoms. The van der Waals surface area contributed by atoms with Gasteiger partial charge in [0.25, 0.3) is 0 Å². The van der Waals surface area contributed by atoms with Crippen LogP contribution in [0.3, 0.4) is 0 Å². The summed E-state index contributed by atoms with van der Waals surface area (Å²) in [6.07, 6.45) is -3.51. The third-order valence-corrected chi connectivity index (χ3v) is 7.98. The molecule has 4 aromatic rings. The van der Waals surface area contributed by atoms with Crippen LogP contribution in [0, 0.1) is 0 Å². The molecule has 0 radical (unpaired) electrons. The van der Waals surface area contributed by atoms with Gasteiger partial charge < -0.3 is 20.5 Å². The Morgan fingerprint density at radius 3 is 2.21 bits per heavy atom. The third kappa shape index (κ3) is 8.36. The van der Waals surface area contributed by atoms with E-state index in [1.54, 1.807) is 54.6 Å². The predicted octanol–water partition coefficient (Wildman–Crippen LogP) is 6.63. The number of hydrogen-bond acceptors (Lipinski definition) is 6. The summed E-state index contributed by atoms with van der Waals surface area (Å²) in [5.41, 5.74) is 2.09. The number of carboxylic acids is 1. The second-order valence-electron chi connectivity index (χ2n) is 11.2. The van der Waals surface area contributed by atoms with Gasteiger partial charge in [0.15, 0.2) is 12.1 Å². The molecule has 1 amide bonds. The van der Waals surface area contributed by atoms with Gasteiger partial charge in [0.1, 0.15) is 5.75 Å². The third-order valence-electron chi connectivity index (χ3n) is 7.98. The van der Waals surface area contributed by atoms with Gasteiger partial charge in [-0.15, -0.1) is 0 Å². The highest BCUT2D eigenvalue weighted by molar-refractivity contribution is 6.17. The fourth-order valence-corrected chi connectivity index (χ4v) is 5.66. The quantitative estimate of drug-likeness (QED) is 0.150. The van der Waals surface area contributed by atoms with Crippen molar-refractivity contribution in [1.29, 1.82) is 0 Å². The largest absolute Gasteiger partial charge is 0.497 e.